The smallest absolute Gasteiger partial charge is 0.311 e. The molecule has 1 fully saturated rings. The summed E-state index contributed by atoms with van der Waals surface area (Å²) in [4.78, 5) is 40.2. The molecule has 0 radical (unpaired) electrons. The van der Waals surface area contributed by atoms with E-state index >= 15 is 0 Å². The zero-order valence-electron chi connectivity index (χ0n) is 20.5. The van der Waals surface area contributed by atoms with Crippen LogP contribution in [0.2, 0.25) is 0 Å². The van der Waals surface area contributed by atoms with E-state index in [0.717, 1.165) is 13.0 Å². The molecule has 6 heteroatoms. The van der Waals surface area contributed by atoms with E-state index in [9.17, 15) is 14.4 Å². The molecule has 0 saturated carbocycles. The van der Waals surface area contributed by atoms with Gasteiger partial charge in [0.2, 0.25) is 5.91 Å². The summed E-state index contributed by atoms with van der Waals surface area (Å²) >= 11 is 0. The van der Waals surface area contributed by atoms with E-state index in [1.165, 1.54) is 7.11 Å². The molecule has 1 unspecified atom stereocenters. The number of nitrogens with zero attached hydrogens (tertiary/aromatic N) is 1. The number of likely N-dealkylation sites (tertiary alicyclic amines) is 1. The number of carbonyl (C=O) groups excluding carboxylic acids is 3. The summed E-state index contributed by atoms with van der Waals surface area (Å²) in [5, 5.41) is 0. The van der Waals surface area contributed by atoms with E-state index in [-0.39, 0.29) is 35.7 Å². The average Bonchev–Trinajstić information content (AvgIpc) is 3.02. The molecule has 0 N–H and O–H groups in total. The van der Waals surface area contributed by atoms with Gasteiger partial charge in [0.25, 0.3) is 0 Å². The highest BCUT2D eigenvalue weighted by Crippen LogP contribution is 2.39. The third kappa shape index (κ3) is 7.59. The van der Waals surface area contributed by atoms with Gasteiger partial charge in [0.05, 0.1) is 18.4 Å². The number of carbonyl (C=O) groups is 3. The topological polar surface area (TPSA) is 72.9 Å². The van der Waals surface area contributed by atoms with E-state index in [4.69, 9.17) is 9.47 Å². The minimum absolute atomic E-state index is 0.0672. The van der Waals surface area contributed by atoms with Crippen LogP contribution >= 0.6 is 0 Å². The van der Waals surface area contributed by atoms with Crippen LogP contribution in [0.4, 0.5) is 0 Å². The third-order valence-electron chi connectivity index (χ3n) is 5.81. The Morgan fingerprint density at radius 1 is 1.07 bits per heavy atom. The predicted molar refractivity (Wildman–Crippen MR) is 118 cm³/mol. The Morgan fingerprint density at radius 3 is 2.07 bits per heavy atom. The molecule has 3 atom stereocenters. The van der Waals surface area contributed by atoms with Crippen LogP contribution in [0.5, 0.6) is 0 Å². The molecule has 1 heterocycles. The van der Waals surface area contributed by atoms with Crippen LogP contribution in [-0.4, -0.2) is 48.0 Å². The molecule has 1 amide bonds. The number of esters is 2. The van der Waals surface area contributed by atoms with E-state index in [0.29, 0.717) is 25.7 Å². The highest BCUT2D eigenvalue weighted by atomic mass is 16.6. The van der Waals surface area contributed by atoms with Crippen molar-refractivity contribution in [3.05, 3.63) is 0 Å². The second-order valence-corrected chi connectivity index (χ2v) is 10.8. The van der Waals surface area contributed by atoms with Crippen LogP contribution in [-0.2, 0) is 23.9 Å². The molecule has 1 saturated heterocycles. The number of methoxy groups -OCH3 is 1. The Kier molecular flexibility index (Phi) is 9.37. The Balaban J connectivity index is 3.20. The fraction of sp³-hybridized carbons (Fsp3) is 0.875. The van der Waals surface area contributed by atoms with Crippen molar-refractivity contribution in [2.24, 2.45) is 23.2 Å². The van der Waals surface area contributed by atoms with Crippen LogP contribution < -0.4 is 0 Å². The van der Waals surface area contributed by atoms with Crippen molar-refractivity contribution in [1.82, 2.24) is 4.90 Å². The lowest BCUT2D eigenvalue weighted by molar-refractivity contribution is -0.165. The van der Waals surface area contributed by atoms with Gasteiger partial charge in [-0.05, 0) is 65.2 Å². The fourth-order valence-electron chi connectivity index (χ4n) is 4.44. The molecule has 6 nitrogen and oxygen atoms in total. The van der Waals surface area contributed by atoms with E-state index in [2.05, 4.69) is 27.7 Å². The molecule has 174 valence electrons. The Bertz CT molecular complexity index is 607. The minimum Gasteiger partial charge on any atom is -0.469 e. The summed E-state index contributed by atoms with van der Waals surface area (Å²) in [5.41, 5.74) is -1.47. The van der Waals surface area contributed by atoms with Crippen molar-refractivity contribution >= 4 is 17.8 Å². The maximum absolute atomic E-state index is 13.0. The van der Waals surface area contributed by atoms with E-state index in [1.54, 1.807) is 0 Å². The van der Waals surface area contributed by atoms with Gasteiger partial charge in [-0.1, -0.05) is 27.7 Å². The van der Waals surface area contributed by atoms with Gasteiger partial charge in [-0.15, -0.1) is 0 Å². The van der Waals surface area contributed by atoms with Gasteiger partial charge in [-0.3, -0.25) is 14.4 Å². The minimum atomic E-state index is -0.886. The number of hydrogen-bond donors (Lipinski definition) is 0. The lowest BCUT2D eigenvalue weighted by Gasteiger charge is -2.39. The SMILES string of the molecule is COC(=O)C(C)(C[C@@H](CC(C)C)C(=O)OC(C)(C)C)C[C@H](C(C)C)N1CCCC1=O. The van der Waals surface area contributed by atoms with Crippen LogP contribution in [0, 0.1) is 23.2 Å². The van der Waals surface area contributed by atoms with Crippen LogP contribution in [0.1, 0.15) is 87.5 Å². The van der Waals surface area contributed by atoms with Crippen molar-refractivity contribution in [3.63, 3.8) is 0 Å². The first-order chi connectivity index (χ1) is 13.7. The van der Waals surface area contributed by atoms with Gasteiger partial charge < -0.3 is 14.4 Å². The molecule has 1 aliphatic rings. The van der Waals surface area contributed by atoms with Crippen molar-refractivity contribution < 1.29 is 23.9 Å². The molecule has 1 rings (SSSR count). The second kappa shape index (κ2) is 10.6. The van der Waals surface area contributed by atoms with Crippen molar-refractivity contribution in [3.8, 4) is 0 Å². The lowest BCUT2D eigenvalue weighted by atomic mass is 9.72. The Hall–Kier alpha value is -1.59. The maximum atomic E-state index is 13.0. The maximum Gasteiger partial charge on any atom is 0.311 e. The Labute approximate surface area is 183 Å². The van der Waals surface area contributed by atoms with Gasteiger partial charge in [-0.25, -0.2) is 0 Å². The van der Waals surface area contributed by atoms with E-state index in [1.807, 2.05) is 32.6 Å². The molecular weight excluding hydrogens is 382 g/mol. The largest absolute Gasteiger partial charge is 0.469 e. The summed E-state index contributed by atoms with van der Waals surface area (Å²) in [5.74, 6) is -0.393. The molecule has 30 heavy (non-hydrogen) atoms. The first kappa shape index (κ1) is 26.4. The predicted octanol–water partition coefficient (Wildman–Crippen LogP) is 4.60. The molecule has 0 aromatic carbocycles. The number of amides is 1. The standard InChI is InChI=1S/C24H43NO5/c1-16(2)13-18(21(27)30-23(5,6)7)14-24(8,22(28)29-9)15-19(17(3)4)25-12-10-11-20(25)26/h16-19H,10-15H2,1-9H3/t18-,19-,24?/m1/s1. The van der Waals surface area contributed by atoms with Gasteiger partial charge >= 0.3 is 11.9 Å². The lowest BCUT2D eigenvalue weighted by Crippen LogP contribution is -2.46. The first-order valence-electron chi connectivity index (χ1n) is 11.3. The van der Waals surface area contributed by atoms with Crippen LogP contribution in [0.25, 0.3) is 0 Å². The molecule has 0 aromatic heterocycles. The zero-order chi connectivity index (χ0) is 23.3. The molecule has 0 bridgehead atoms. The summed E-state index contributed by atoms with van der Waals surface area (Å²) in [6.45, 7) is 16.4. The van der Waals surface area contributed by atoms with E-state index < -0.39 is 16.9 Å². The summed E-state index contributed by atoms with van der Waals surface area (Å²) in [6.07, 6.45) is 2.87. The number of ether oxygens (including phenoxy) is 2. The molecule has 1 aliphatic heterocycles. The number of hydrogen-bond acceptors (Lipinski definition) is 5. The zero-order valence-corrected chi connectivity index (χ0v) is 20.5. The number of rotatable bonds is 10. The van der Waals surface area contributed by atoms with Gasteiger partial charge in [0, 0.05) is 19.0 Å². The monoisotopic (exact) mass is 425 g/mol. The normalized spacial score (nSPS) is 19.0. The third-order valence-corrected chi connectivity index (χ3v) is 5.81. The highest BCUT2D eigenvalue weighted by molar-refractivity contribution is 5.80. The summed E-state index contributed by atoms with van der Waals surface area (Å²) in [7, 11) is 1.39. The molecule has 0 spiro atoms. The summed E-state index contributed by atoms with van der Waals surface area (Å²) < 4.78 is 10.9. The van der Waals surface area contributed by atoms with Crippen molar-refractivity contribution in [2.75, 3.05) is 13.7 Å². The van der Waals surface area contributed by atoms with Crippen molar-refractivity contribution in [1.29, 1.82) is 0 Å². The molecule has 0 aliphatic carbocycles. The first-order valence-corrected chi connectivity index (χ1v) is 11.3. The summed E-state index contributed by atoms with van der Waals surface area (Å²) in [6, 6.07) is -0.0672. The molecule has 0 aromatic rings. The quantitative estimate of drug-likeness (QED) is 0.478. The highest BCUT2D eigenvalue weighted by Gasteiger charge is 2.44. The average molecular weight is 426 g/mol. The van der Waals surface area contributed by atoms with Gasteiger partial charge in [0.1, 0.15) is 5.60 Å². The van der Waals surface area contributed by atoms with Crippen LogP contribution in [0.15, 0.2) is 0 Å². The van der Waals surface area contributed by atoms with Crippen LogP contribution in [0.3, 0.4) is 0 Å². The van der Waals surface area contributed by atoms with Crippen molar-refractivity contribution in [2.45, 2.75) is 99.1 Å². The van der Waals surface area contributed by atoms with Gasteiger partial charge in [-0.2, -0.15) is 0 Å². The van der Waals surface area contributed by atoms with Gasteiger partial charge in [0.15, 0.2) is 0 Å². The molecular formula is C24H43NO5. The Morgan fingerprint density at radius 2 is 1.67 bits per heavy atom. The second-order valence-electron chi connectivity index (χ2n) is 10.8. The fourth-order valence-corrected chi connectivity index (χ4v) is 4.44.